The second-order valence-corrected chi connectivity index (χ2v) is 11.4. The highest BCUT2D eigenvalue weighted by Crippen LogP contribution is 2.20. The van der Waals surface area contributed by atoms with Crippen molar-refractivity contribution in [2.24, 2.45) is 0 Å². The second-order valence-electron chi connectivity index (χ2n) is 11.4. The molecular weight excluding hydrogens is 544 g/mol. The minimum absolute atomic E-state index is 0.807. The van der Waals surface area contributed by atoms with Gasteiger partial charge in [-0.05, 0) is 59.7 Å². The number of hydrogen-bond acceptors (Lipinski definition) is 8. The van der Waals surface area contributed by atoms with E-state index in [2.05, 4.69) is 128 Å². The number of aromatic nitrogens is 2. The fourth-order valence-electron chi connectivity index (χ4n) is 5.68. The fraction of sp³-hybridized carbons (Fsp3) is 0.278. The average Bonchev–Trinajstić information content (AvgIpc) is 3.07. The molecule has 0 aromatic carbocycles. The number of nitrogens with zero attached hydrogens (tertiary/aromatic N) is 4. The van der Waals surface area contributed by atoms with Crippen LogP contribution in [0.15, 0.2) is 132 Å². The van der Waals surface area contributed by atoms with E-state index in [0.29, 0.717) is 0 Å². The smallest absolute Gasteiger partial charge is 0.0889 e. The van der Waals surface area contributed by atoms with Gasteiger partial charge in [0.25, 0.3) is 0 Å². The Bertz CT molecular complexity index is 1360. The van der Waals surface area contributed by atoms with Crippen LogP contribution in [0.2, 0.25) is 0 Å². The molecule has 0 amide bonds. The lowest BCUT2D eigenvalue weighted by atomic mass is 10.1. The summed E-state index contributed by atoms with van der Waals surface area (Å²) in [6.45, 7) is 8.48. The quantitative estimate of drug-likeness (QED) is 0.281. The molecular formula is C36H42N8. The van der Waals surface area contributed by atoms with E-state index < -0.39 is 0 Å². The maximum absolute atomic E-state index is 4.74. The molecule has 0 bridgehead atoms. The molecule has 8 nitrogen and oxygen atoms in total. The van der Waals surface area contributed by atoms with Crippen LogP contribution >= 0.6 is 0 Å². The van der Waals surface area contributed by atoms with Gasteiger partial charge in [0.2, 0.25) is 0 Å². The molecule has 4 aliphatic rings. The molecule has 4 N–H and O–H groups in total. The molecule has 0 saturated heterocycles. The van der Waals surface area contributed by atoms with Gasteiger partial charge in [-0.15, -0.1) is 0 Å². The highest BCUT2D eigenvalue weighted by Gasteiger charge is 2.16. The number of nitrogens with one attached hydrogen (secondary N) is 4. The minimum atomic E-state index is 0.807. The van der Waals surface area contributed by atoms with Crippen molar-refractivity contribution in [1.82, 2.24) is 41.0 Å². The molecule has 0 atom stereocenters. The Kier molecular flexibility index (Phi) is 10.1. The fourth-order valence-corrected chi connectivity index (χ4v) is 5.68. The van der Waals surface area contributed by atoms with Crippen molar-refractivity contribution >= 4 is 0 Å². The lowest BCUT2D eigenvalue weighted by Crippen LogP contribution is -2.35. The first-order chi connectivity index (χ1) is 21.8. The van der Waals surface area contributed by atoms with E-state index in [1.54, 1.807) is 0 Å². The van der Waals surface area contributed by atoms with Crippen LogP contribution in [-0.4, -0.2) is 72.1 Å². The summed E-state index contributed by atoms with van der Waals surface area (Å²) in [5.41, 5.74) is 9.17. The first-order valence-corrected chi connectivity index (χ1v) is 15.5. The number of hydrogen-bond donors (Lipinski definition) is 4. The van der Waals surface area contributed by atoms with E-state index in [-0.39, 0.29) is 0 Å². The predicted molar refractivity (Wildman–Crippen MR) is 179 cm³/mol. The van der Waals surface area contributed by atoms with Crippen molar-refractivity contribution in [3.63, 3.8) is 0 Å². The van der Waals surface area contributed by atoms with Crippen molar-refractivity contribution in [3.8, 4) is 11.4 Å². The molecule has 0 radical (unpaired) electrons. The van der Waals surface area contributed by atoms with Crippen LogP contribution in [-0.2, 0) is 13.1 Å². The lowest BCUT2D eigenvalue weighted by molar-refractivity contribution is 0.301. The van der Waals surface area contributed by atoms with Crippen molar-refractivity contribution in [3.05, 3.63) is 143 Å². The van der Waals surface area contributed by atoms with E-state index in [1.807, 2.05) is 12.4 Å². The zero-order valence-corrected chi connectivity index (χ0v) is 25.3. The third kappa shape index (κ3) is 8.69. The Morgan fingerprint density at radius 2 is 0.818 bits per heavy atom. The van der Waals surface area contributed by atoms with Gasteiger partial charge in [0.05, 0.1) is 11.4 Å². The second kappa shape index (κ2) is 15.2. The maximum atomic E-state index is 4.74. The maximum Gasteiger partial charge on any atom is 0.0889 e. The molecule has 0 fully saturated rings. The zero-order valence-electron chi connectivity index (χ0n) is 25.3. The molecule has 2 aromatic rings. The van der Waals surface area contributed by atoms with Gasteiger partial charge < -0.3 is 21.3 Å². The molecule has 0 unspecified atom stereocenters. The van der Waals surface area contributed by atoms with Gasteiger partial charge in [-0.2, -0.15) is 0 Å². The van der Waals surface area contributed by atoms with Gasteiger partial charge in [-0.3, -0.25) is 19.8 Å². The Hall–Kier alpha value is -4.66. The Morgan fingerprint density at radius 1 is 0.477 bits per heavy atom. The van der Waals surface area contributed by atoms with E-state index in [1.165, 1.54) is 33.9 Å². The molecule has 6 rings (SSSR count). The van der Waals surface area contributed by atoms with Gasteiger partial charge >= 0.3 is 0 Å². The summed E-state index contributed by atoms with van der Waals surface area (Å²) in [6, 6.07) is 8.61. The third-order valence-electron chi connectivity index (χ3n) is 7.82. The summed E-state index contributed by atoms with van der Waals surface area (Å²) in [5, 5.41) is 14.1. The monoisotopic (exact) mass is 586 g/mol. The summed E-state index contributed by atoms with van der Waals surface area (Å²) in [6.07, 6.45) is 29.6. The predicted octanol–water partition coefficient (Wildman–Crippen LogP) is 3.92. The molecule has 2 aromatic heterocycles. The van der Waals surface area contributed by atoms with E-state index in [4.69, 9.17) is 9.97 Å². The largest absolute Gasteiger partial charge is 0.384 e. The number of rotatable bonds is 13. The van der Waals surface area contributed by atoms with Crippen molar-refractivity contribution in [1.29, 1.82) is 0 Å². The summed E-state index contributed by atoms with van der Waals surface area (Å²) < 4.78 is 0. The highest BCUT2D eigenvalue weighted by atomic mass is 15.2. The topological polar surface area (TPSA) is 80.4 Å². The van der Waals surface area contributed by atoms with E-state index in [9.17, 15) is 0 Å². The molecule has 4 aliphatic heterocycles. The Balaban J connectivity index is 1.18. The third-order valence-corrected chi connectivity index (χ3v) is 7.82. The van der Waals surface area contributed by atoms with Gasteiger partial charge in [0.15, 0.2) is 0 Å². The SMILES string of the molecule is C1=CCNC(CN(CC2=CC=CCN2)Cc2ccnc(-c3cc(CN(CC4=CC=CCN4)CC4=CC=CCN4)ccn3)c2)=C1. The van der Waals surface area contributed by atoms with Crippen LogP contribution < -0.4 is 21.3 Å². The van der Waals surface area contributed by atoms with Crippen molar-refractivity contribution in [2.75, 3.05) is 52.4 Å². The Morgan fingerprint density at radius 3 is 1.11 bits per heavy atom. The van der Waals surface area contributed by atoms with Crippen molar-refractivity contribution in [2.45, 2.75) is 13.1 Å². The summed E-state index contributed by atoms with van der Waals surface area (Å²) in [7, 11) is 0. The average molecular weight is 587 g/mol. The Labute approximate surface area is 261 Å². The van der Waals surface area contributed by atoms with Crippen LogP contribution in [0.25, 0.3) is 11.4 Å². The summed E-state index contributed by atoms with van der Waals surface area (Å²) in [5.74, 6) is 0. The standard InChI is InChI=1S/C36H42N8/c1-5-15-37-31(9-1)25-43(26-32-10-2-6-16-38-32)23-29-13-19-41-35(21-29)36-22-30(14-20-42-36)24-44(27-33-11-3-7-17-39-33)28-34-12-4-8-18-40-34/h1-14,19-22,37-40H,15-18,23-28H2. The van der Waals surface area contributed by atoms with Crippen LogP contribution in [0.5, 0.6) is 0 Å². The minimum Gasteiger partial charge on any atom is -0.384 e. The van der Waals surface area contributed by atoms with Crippen LogP contribution in [0.1, 0.15) is 11.1 Å². The number of dihydropyridines is 4. The molecule has 44 heavy (non-hydrogen) atoms. The molecule has 0 saturated carbocycles. The van der Waals surface area contributed by atoms with E-state index >= 15 is 0 Å². The van der Waals surface area contributed by atoms with Crippen molar-refractivity contribution < 1.29 is 0 Å². The molecule has 6 heterocycles. The number of pyridine rings is 2. The summed E-state index contributed by atoms with van der Waals surface area (Å²) in [4.78, 5) is 14.4. The molecule has 0 aliphatic carbocycles. The zero-order chi connectivity index (χ0) is 29.8. The first-order valence-electron chi connectivity index (χ1n) is 15.5. The van der Waals surface area contributed by atoms with Crippen LogP contribution in [0, 0.1) is 0 Å². The van der Waals surface area contributed by atoms with Gasteiger partial charge in [-0.25, -0.2) is 0 Å². The lowest BCUT2D eigenvalue weighted by Gasteiger charge is -2.27. The van der Waals surface area contributed by atoms with Crippen LogP contribution in [0.4, 0.5) is 0 Å². The van der Waals surface area contributed by atoms with E-state index in [0.717, 1.165) is 76.8 Å². The number of allylic oxidation sites excluding steroid dienone is 8. The normalized spacial score (nSPS) is 17.2. The molecule has 8 heteroatoms. The summed E-state index contributed by atoms with van der Waals surface area (Å²) >= 11 is 0. The first kappa shape index (κ1) is 29.4. The molecule has 0 spiro atoms. The van der Waals surface area contributed by atoms with Crippen LogP contribution in [0.3, 0.4) is 0 Å². The van der Waals surface area contributed by atoms with Gasteiger partial charge in [-0.1, -0.05) is 48.6 Å². The molecule has 226 valence electrons. The van der Waals surface area contributed by atoms with Gasteiger partial charge in [0, 0.05) is 101 Å². The van der Waals surface area contributed by atoms with Gasteiger partial charge in [0.1, 0.15) is 0 Å². The highest BCUT2D eigenvalue weighted by molar-refractivity contribution is 5.55.